The van der Waals surface area contributed by atoms with Crippen LogP contribution in [0.25, 0.3) is 6.08 Å². The molecule has 1 aliphatic rings. The molecule has 0 heterocycles. The van der Waals surface area contributed by atoms with Gasteiger partial charge in [0.2, 0.25) is 10.0 Å². The van der Waals surface area contributed by atoms with Crippen molar-refractivity contribution in [2.24, 2.45) is 5.92 Å². The van der Waals surface area contributed by atoms with Crippen LogP contribution in [0, 0.1) is 5.92 Å². The number of hydrogen-bond donors (Lipinski definition) is 2. The molecule has 0 radical (unpaired) electrons. The Morgan fingerprint density at radius 2 is 1.89 bits per heavy atom. The minimum atomic E-state index is -3.65. The van der Waals surface area contributed by atoms with Gasteiger partial charge in [0.25, 0.3) is 5.91 Å². The second kappa shape index (κ2) is 11.0. The third kappa shape index (κ3) is 8.22. The fraction of sp³-hybridized carbons (Fsp3) is 0.500. The molecule has 1 fully saturated rings. The molecule has 1 aromatic carbocycles. The summed E-state index contributed by atoms with van der Waals surface area (Å²) >= 11 is 0. The lowest BCUT2D eigenvalue weighted by Crippen LogP contribution is -2.43. The van der Waals surface area contributed by atoms with Gasteiger partial charge in [0.1, 0.15) is 0 Å². The van der Waals surface area contributed by atoms with Crippen LogP contribution in [-0.2, 0) is 24.3 Å². The monoisotopic (exact) mass is 408 g/mol. The first-order valence-corrected chi connectivity index (χ1v) is 11.1. The number of esters is 1. The predicted octanol–water partition coefficient (Wildman–Crippen LogP) is 2.20. The summed E-state index contributed by atoms with van der Waals surface area (Å²) in [6.07, 6.45) is 5.62. The highest BCUT2D eigenvalue weighted by molar-refractivity contribution is 7.92. The number of carbonyl (C=O) groups is 2. The van der Waals surface area contributed by atoms with Crippen LogP contribution in [0.5, 0.6) is 0 Å². The Hall–Kier alpha value is -2.19. The fourth-order valence-corrected chi connectivity index (χ4v) is 3.89. The molecule has 7 nitrogen and oxygen atoms in total. The largest absolute Gasteiger partial charge is 0.456 e. The predicted molar refractivity (Wildman–Crippen MR) is 108 cm³/mol. The van der Waals surface area contributed by atoms with Gasteiger partial charge in [-0.25, -0.2) is 13.1 Å². The molecule has 0 aliphatic heterocycles. The molecule has 0 bridgehead atoms. The van der Waals surface area contributed by atoms with Crippen LogP contribution < -0.4 is 10.0 Å². The van der Waals surface area contributed by atoms with E-state index in [1.807, 2.05) is 6.07 Å². The zero-order valence-electron chi connectivity index (χ0n) is 16.1. The van der Waals surface area contributed by atoms with Gasteiger partial charge in [-0.2, -0.15) is 0 Å². The SMILES string of the molecule is C[C@@H]1CCCC[C@@H]1NC(=O)COC(=O)CCNS(=O)(=O)/C=C/c1ccccc1. The Kier molecular flexibility index (Phi) is 8.66. The molecule has 0 aromatic heterocycles. The van der Waals surface area contributed by atoms with Crippen LogP contribution in [0.3, 0.4) is 0 Å². The molecule has 1 amide bonds. The standard InChI is InChI=1S/C20H28N2O5S/c1-16-7-5-6-10-18(16)22-19(23)15-27-20(24)11-13-21-28(25,26)14-12-17-8-3-2-4-9-17/h2-4,8-9,12,14,16,18,21H,5-7,10-11,13,15H2,1H3,(H,22,23)/b14-12+/t16-,18+/m1/s1. The van der Waals surface area contributed by atoms with E-state index in [0.717, 1.165) is 30.2 Å². The van der Waals surface area contributed by atoms with Crippen molar-refractivity contribution in [3.05, 3.63) is 41.3 Å². The smallest absolute Gasteiger partial charge is 0.307 e. The molecule has 2 rings (SSSR count). The summed E-state index contributed by atoms with van der Waals surface area (Å²) in [4.78, 5) is 23.6. The lowest BCUT2D eigenvalue weighted by Gasteiger charge is -2.29. The van der Waals surface area contributed by atoms with Gasteiger partial charge in [-0.3, -0.25) is 9.59 Å². The number of amides is 1. The molecule has 1 saturated carbocycles. The molecule has 1 aliphatic carbocycles. The van der Waals surface area contributed by atoms with Crippen LogP contribution in [0.2, 0.25) is 0 Å². The van der Waals surface area contributed by atoms with E-state index in [2.05, 4.69) is 17.0 Å². The van der Waals surface area contributed by atoms with E-state index in [4.69, 9.17) is 4.74 Å². The quantitative estimate of drug-likeness (QED) is 0.610. The number of carbonyl (C=O) groups excluding carboxylic acids is 2. The maximum atomic E-state index is 11.9. The summed E-state index contributed by atoms with van der Waals surface area (Å²) in [6.45, 7) is 1.67. The summed E-state index contributed by atoms with van der Waals surface area (Å²) in [7, 11) is -3.65. The van der Waals surface area contributed by atoms with Gasteiger partial charge in [0.05, 0.1) is 6.42 Å². The van der Waals surface area contributed by atoms with Crippen molar-refractivity contribution in [2.45, 2.75) is 45.1 Å². The van der Waals surface area contributed by atoms with Crippen molar-refractivity contribution in [1.29, 1.82) is 0 Å². The van der Waals surface area contributed by atoms with Crippen molar-refractivity contribution in [3.63, 3.8) is 0 Å². The van der Waals surface area contributed by atoms with E-state index in [0.29, 0.717) is 5.92 Å². The molecule has 0 spiro atoms. The summed E-state index contributed by atoms with van der Waals surface area (Å²) in [5, 5.41) is 3.95. The second-order valence-electron chi connectivity index (χ2n) is 7.00. The van der Waals surface area contributed by atoms with Gasteiger partial charge in [-0.1, -0.05) is 50.1 Å². The summed E-state index contributed by atoms with van der Waals surface area (Å²) in [5.41, 5.74) is 0.755. The topological polar surface area (TPSA) is 102 Å². The highest BCUT2D eigenvalue weighted by Gasteiger charge is 2.23. The maximum absolute atomic E-state index is 11.9. The normalized spacial score (nSPS) is 20.0. The average molecular weight is 409 g/mol. The molecule has 0 unspecified atom stereocenters. The Balaban J connectivity index is 1.65. The molecule has 8 heteroatoms. The first kappa shape index (κ1) is 22.1. The van der Waals surface area contributed by atoms with Crippen LogP contribution in [0.15, 0.2) is 35.7 Å². The third-order valence-electron chi connectivity index (χ3n) is 4.69. The molecule has 2 N–H and O–H groups in total. The van der Waals surface area contributed by atoms with Gasteiger partial charge < -0.3 is 10.1 Å². The minimum absolute atomic E-state index is 0.0957. The first-order valence-electron chi connectivity index (χ1n) is 9.53. The van der Waals surface area contributed by atoms with E-state index in [-0.39, 0.29) is 31.5 Å². The van der Waals surface area contributed by atoms with Gasteiger partial charge >= 0.3 is 5.97 Å². The van der Waals surface area contributed by atoms with Crippen LogP contribution in [0.1, 0.15) is 44.6 Å². The Morgan fingerprint density at radius 1 is 1.18 bits per heavy atom. The molecule has 1 aromatic rings. The number of nitrogens with one attached hydrogen (secondary N) is 2. The zero-order valence-corrected chi connectivity index (χ0v) is 16.9. The lowest BCUT2D eigenvalue weighted by atomic mass is 9.86. The van der Waals surface area contributed by atoms with E-state index < -0.39 is 16.0 Å². The van der Waals surface area contributed by atoms with Crippen LogP contribution in [-0.4, -0.2) is 39.5 Å². The molecule has 0 saturated heterocycles. The highest BCUT2D eigenvalue weighted by Crippen LogP contribution is 2.23. The average Bonchev–Trinajstić information content (AvgIpc) is 2.67. The first-order chi connectivity index (χ1) is 13.4. The molecular formula is C20H28N2O5S. The van der Waals surface area contributed by atoms with Crippen LogP contribution >= 0.6 is 0 Å². The van der Waals surface area contributed by atoms with Gasteiger partial charge in [0, 0.05) is 18.0 Å². The minimum Gasteiger partial charge on any atom is -0.456 e. The second-order valence-corrected chi connectivity index (χ2v) is 8.65. The summed E-state index contributed by atoms with van der Waals surface area (Å²) < 4.78 is 31.0. The van der Waals surface area contributed by atoms with Crippen molar-refractivity contribution in [3.8, 4) is 0 Å². The number of sulfonamides is 1. The van der Waals surface area contributed by atoms with E-state index in [9.17, 15) is 18.0 Å². The molecule has 2 atom stereocenters. The Labute approximate surface area is 166 Å². The Morgan fingerprint density at radius 3 is 2.61 bits per heavy atom. The number of ether oxygens (including phenoxy) is 1. The lowest BCUT2D eigenvalue weighted by molar-refractivity contribution is -0.148. The number of benzene rings is 1. The van der Waals surface area contributed by atoms with E-state index in [1.54, 1.807) is 24.3 Å². The van der Waals surface area contributed by atoms with Crippen molar-refractivity contribution in [2.75, 3.05) is 13.2 Å². The Bertz CT molecular complexity index is 777. The van der Waals surface area contributed by atoms with Crippen molar-refractivity contribution in [1.82, 2.24) is 10.0 Å². The van der Waals surface area contributed by atoms with Crippen molar-refractivity contribution >= 4 is 28.0 Å². The summed E-state index contributed by atoms with van der Waals surface area (Å²) in [6, 6.07) is 9.14. The number of rotatable bonds is 9. The van der Waals surface area contributed by atoms with Crippen molar-refractivity contribution < 1.29 is 22.7 Å². The van der Waals surface area contributed by atoms with Gasteiger partial charge in [-0.15, -0.1) is 0 Å². The fourth-order valence-electron chi connectivity index (χ4n) is 3.07. The molecule has 154 valence electrons. The summed E-state index contributed by atoms with van der Waals surface area (Å²) in [5.74, 6) is -0.521. The van der Waals surface area contributed by atoms with E-state index >= 15 is 0 Å². The molecule has 28 heavy (non-hydrogen) atoms. The highest BCUT2D eigenvalue weighted by atomic mass is 32.2. The van der Waals surface area contributed by atoms with Gasteiger partial charge in [-0.05, 0) is 30.4 Å². The molecular weight excluding hydrogens is 380 g/mol. The zero-order chi connectivity index (χ0) is 20.4. The van der Waals surface area contributed by atoms with Gasteiger partial charge in [0.15, 0.2) is 6.61 Å². The van der Waals surface area contributed by atoms with Crippen LogP contribution in [0.4, 0.5) is 0 Å². The third-order valence-corrected chi connectivity index (χ3v) is 5.79. The maximum Gasteiger partial charge on any atom is 0.307 e. The number of hydrogen-bond acceptors (Lipinski definition) is 5. The van der Waals surface area contributed by atoms with E-state index in [1.165, 1.54) is 12.5 Å².